The first-order valence-corrected chi connectivity index (χ1v) is 6.43. The third-order valence-electron chi connectivity index (χ3n) is 2.72. The molecule has 94 valence electrons. The number of rotatable bonds is 4. The zero-order chi connectivity index (χ0) is 13.0. The van der Waals surface area contributed by atoms with Crippen LogP contribution in [0.15, 0.2) is 36.5 Å². The minimum atomic E-state index is -0.699. The van der Waals surface area contributed by atoms with Crippen molar-refractivity contribution >= 4 is 28.4 Å². The fraction of sp³-hybridized carbons (Fsp3) is 0.286. The van der Waals surface area contributed by atoms with Crippen LogP contribution in [0.2, 0.25) is 0 Å². The Morgan fingerprint density at radius 3 is 2.94 bits per heavy atom. The number of alkyl halides is 1. The first-order valence-electron chi connectivity index (χ1n) is 5.99. The number of hydrogen-bond donors (Lipinski definition) is 1. The minimum absolute atomic E-state index is 0.170. The smallest absolute Gasteiger partial charge is 0.242 e. The van der Waals surface area contributed by atoms with Gasteiger partial charge in [-0.25, -0.2) is 0 Å². The molecule has 1 atom stereocenters. The molecule has 1 aromatic carbocycles. The number of pyridine rings is 1. The highest BCUT2D eigenvalue weighted by Crippen LogP contribution is 2.27. The van der Waals surface area contributed by atoms with Gasteiger partial charge in [0.25, 0.3) is 0 Å². The number of para-hydroxylation sites is 1. The summed E-state index contributed by atoms with van der Waals surface area (Å²) in [6, 6.07) is 9.52. The van der Waals surface area contributed by atoms with Gasteiger partial charge in [-0.15, -0.1) is 11.6 Å². The highest BCUT2D eigenvalue weighted by atomic mass is 35.5. The van der Waals surface area contributed by atoms with E-state index in [0.29, 0.717) is 6.54 Å². The van der Waals surface area contributed by atoms with Crippen molar-refractivity contribution < 1.29 is 4.79 Å². The Morgan fingerprint density at radius 2 is 2.17 bits per heavy atom. The van der Waals surface area contributed by atoms with Crippen LogP contribution in [0.1, 0.15) is 24.3 Å². The van der Waals surface area contributed by atoms with Gasteiger partial charge in [-0.3, -0.25) is 9.78 Å². The zero-order valence-corrected chi connectivity index (χ0v) is 10.9. The summed E-state index contributed by atoms with van der Waals surface area (Å²) in [6.07, 6.45) is 2.60. The first-order chi connectivity index (χ1) is 8.74. The number of carbonyl (C=O) groups is 1. The van der Waals surface area contributed by atoms with Gasteiger partial charge in [0, 0.05) is 23.7 Å². The van der Waals surface area contributed by atoms with E-state index in [1.165, 1.54) is 0 Å². The van der Waals surface area contributed by atoms with Crippen molar-refractivity contribution in [3.8, 4) is 0 Å². The summed E-state index contributed by atoms with van der Waals surface area (Å²) < 4.78 is 0. The van der Waals surface area contributed by atoms with Crippen LogP contribution in [0.4, 0.5) is 0 Å². The van der Waals surface area contributed by atoms with E-state index in [1.54, 1.807) is 6.20 Å². The Bertz CT molecular complexity index is 551. The van der Waals surface area contributed by atoms with E-state index >= 15 is 0 Å². The number of fused-ring (bicyclic) bond motifs is 1. The summed E-state index contributed by atoms with van der Waals surface area (Å²) in [5.74, 6) is -0.170. The Kier molecular flexibility index (Phi) is 4.15. The van der Waals surface area contributed by atoms with Gasteiger partial charge in [-0.1, -0.05) is 31.2 Å². The number of amides is 1. The summed E-state index contributed by atoms with van der Waals surface area (Å²) >= 11 is 6.22. The van der Waals surface area contributed by atoms with Gasteiger partial charge in [0.1, 0.15) is 5.38 Å². The van der Waals surface area contributed by atoms with Gasteiger partial charge in [0.05, 0.1) is 5.52 Å². The number of nitrogens with zero attached hydrogens (tertiary/aromatic N) is 1. The lowest BCUT2D eigenvalue weighted by Crippen LogP contribution is -2.27. The van der Waals surface area contributed by atoms with E-state index in [2.05, 4.69) is 10.3 Å². The Morgan fingerprint density at radius 1 is 1.39 bits per heavy atom. The second-order valence-corrected chi connectivity index (χ2v) is 4.51. The second kappa shape index (κ2) is 5.83. The van der Waals surface area contributed by atoms with Crippen LogP contribution < -0.4 is 5.32 Å². The summed E-state index contributed by atoms with van der Waals surface area (Å²) in [7, 11) is 0. The zero-order valence-electron chi connectivity index (χ0n) is 10.2. The molecule has 0 saturated heterocycles. The summed E-state index contributed by atoms with van der Waals surface area (Å²) in [5.41, 5.74) is 1.54. The van der Waals surface area contributed by atoms with Crippen LogP contribution in [-0.2, 0) is 4.79 Å². The largest absolute Gasteiger partial charge is 0.355 e. The van der Waals surface area contributed by atoms with Crippen molar-refractivity contribution in [1.82, 2.24) is 10.3 Å². The molecule has 0 aliphatic rings. The van der Waals surface area contributed by atoms with Crippen molar-refractivity contribution in [3.63, 3.8) is 0 Å². The van der Waals surface area contributed by atoms with Crippen LogP contribution in [0.5, 0.6) is 0 Å². The molecule has 0 saturated carbocycles. The van der Waals surface area contributed by atoms with E-state index in [4.69, 9.17) is 11.6 Å². The normalized spacial score (nSPS) is 12.3. The topological polar surface area (TPSA) is 42.0 Å². The van der Waals surface area contributed by atoms with Crippen molar-refractivity contribution in [2.45, 2.75) is 18.7 Å². The third kappa shape index (κ3) is 2.62. The van der Waals surface area contributed by atoms with Crippen molar-refractivity contribution in [2.75, 3.05) is 6.54 Å². The summed E-state index contributed by atoms with van der Waals surface area (Å²) in [6.45, 7) is 2.64. The number of nitrogens with one attached hydrogen (secondary N) is 1. The molecule has 1 N–H and O–H groups in total. The third-order valence-corrected chi connectivity index (χ3v) is 3.15. The SMILES string of the molecule is CCCNC(=O)C(Cl)c1cccc2cccnc12. The van der Waals surface area contributed by atoms with Crippen molar-refractivity contribution in [1.29, 1.82) is 0 Å². The van der Waals surface area contributed by atoms with E-state index in [0.717, 1.165) is 22.9 Å². The van der Waals surface area contributed by atoms with Crippen LogP contribution in [0.3, 0.4) is 0 Å². The molecule has 0 aliphatic heterocycles. The fourth-order valence-corrected chi connectivity index (χ4v) is 2.06. The number of carbonyl (C=O) groups excluding carboxylic acids is 1. The number of aromatic nitrogens is 1. The summed E-state index contributed by atoms with van der Waals surface area (Å²) in [5, 5.41) is 3.09. The fourth-order valence-electron chi connectivity index (χ4n) is 1.81. The highest BCUT2D eigenvalue weighted by Gasteiger charge is 2.19. The predicted octanol–water partition coefficient (Wildman–Crippen LogP) is 3.04. The van der Waals surface area contributed by atoms with Crippen molar-refractivity contribution in [2.24, 2.45) is 0 Å². The molecule has 1 amide bonds. The monoisotopic (exact) mass is 262 g/mol. The molecule has 18 heavy (non-hydrogen) atoms. The maximum atomic E-state index is 11.9. The Labute approximate surface area is 111 Å². The molecular weight excluding hydrogens is 248 g/mol. The molecule has 0 aliphatic carbocycles. The second-order valence-electron chi connectivity index (χ2n) is 4.08. The van der Waals surface area contributed by atoms with E-state index in [1.807, 2.05) is 37.3 Å². The van der Waals surface area contributed by atoms with Crippen LogP contribution in [-0.4, -0.2) is 17.4 Å². The molecule has 0 spiro atoms. The average Bonchev–Trinajstić information content (AvgIpc) is 2.43. The lowest BCUT2D eigenvalue weighted by Gasteiger charge is -2.12. The average molecular weight is 263 g/mol. The number of benzene rings is 1. The molecule has 0 bridgehead atoms. The van der Waals surface area contributed by atoms with Gasteiger partial charge >= 0.3 is 0 Å². The van der Waals surface area contributed by atoms with Crippen LogP contribution >= 0.6 is 11.6 Å². The van der Waals surface area contributed by atoms with E-state index in [-0.39, 0.29) is 5.91 Å². The first kappa shape index (κ1) is 12.8. The van der Waals surface area contributed by atoms with Gasteiger partial charge in [-0.2, -0.15) is 0 Å². The van der Waals surface area contributed by atoms with Crippen molar-refractivity contribution in [3.05, 3.63) is 42.1 Å². The quantitative estimate of drug-likeness (QED) is 0.861. The molecule has 2 rings (SSSR count). The summed E-state index contributed by atoms with van der Waals surface area (Å²) in [4.78, 5) is 16.2. The maximum absolute atomic E-state index is 11.9. The molecule has 2 aromatic rings. The Hall–Kier alpha value is -1.61. The minimum Gasteiger partial charge on any atom is -0.355 e. The molecule has 3 nitrogen and oxygen atoms in total. The standard InChI is InChI=1S/C14H15ClN2O/c1-2-8-17-14(18)12(15)11-7-3-5-10-6-4-9-16-13(10)11/h3-7,9,12H,2,8H2,1H3,(H,17,18). The predicted molar refractivity (Wildman–Crippen MR) is 73.6 cm³/mol. The molecule has 1 heterocycles. The maximum Gasteiger partial charge on any atom is 0.242 e. The number of hydrogen-bond acceptors (Lipinski definition) is 2. The lowest BCUT2D eigenvalue weighted by atomic mass is 10.1. The van der Waals surface area contributed by atoms with Crippen LogP contribution in [0, 0.1) is 0 Å². The van der Waals surface area contributed by atoms with Gasteiger partial charge in [0.2, 0.25) is 5.91 Å². The Balaban J connectivity index is 2.32. The highest BCUT2D eigenvalue weighted by molar-refractivity contribution is 6.31. The van der Waals surface area contributed by atoms with Gasteiger partial charge in [0.15, 0.2) is 0 Å². The van der Waals surface area contributed by atoms with Crippen LogP contribution in [0.25, 0.3) is 10.9 Å². The van der Waals surface area contributed by atoms with E-state index < -0.39 is 5.38 Å². The van der Waals surface area contributed by atoms with Gasteiger partial charge < -0.3 is 5.32 Å². The molecular formula is C14H15ClN2O. The molecule has 0 fully saturated rings. The number of halogens is 1. The molecule has 0 radical (unpaired) electrons. The molecule has 1 aromatic heterocycles. The van der Waals surface area contributed by atoms with E-state index in [9.17, 15) is 4.79 Å². The lowest BCUT2D eigenvalue weighted by molar-refractivity contribution is -0.120. The molecule has 1 unspecified atom stereocenters. The molecule has 4 heteroatoms. The van der Waals surface area contributed by atoms with Gasteiger partial charge in [-0.05, 0) is 12.5 Å².